The van der Waals surface area contributed by atoms with E-state index in [0.717, 1.165) is 60.3 Å². The Kier molecular flexibility index (Phi) is 4.48. The number of aliphatic hydroxyl groups excluding tert-OH is 1. The highest BCUT2D eigenvalue weighted by Gasteiger charge is 2.14. The van der Waals surface area contributed by atoms with Gasteiger partial charge in [-0.15, -0.1) is 11.3 Å². The smallest absolute Gasteiger partial charge is 0.348 e. The zero-order chi connectivity index (χ0) is 19.1. The molecular formula is C20H21N5O2S. The molecule has 8 heteroatoms. The fourth-order valence-electron chi connectivity index (χ4n) is 3.88. The molecule has 0 aliphatic carbocycles. The molecule has 1 saturated heterocycles. The van der Waals surface area contributed by atoms with Crippen LogP contribution in [0.3, 0.4) is 0 Å². The van der Waals surface area contributed by atoms with E-state index in [4.69, 9.17) is 0 Å². The molecule has 3 N–H and O–H groups in total. The summed E-state index contributed by atoms with van der Waals surface area (Å²) in [5.74, 6) is 0. The molecule has 0 spiro atoms. The lowest BCUT2D eigenvalue weighted by molar-refractivity contribution is 0.235. The number of aliphatic hydroxyl groups is 1. The molecule has 0 unspecified atom stereocenters. The number of piperazine rings is 1. The van der Waals surface area contributed by atoms with Gasteiger partial charge < -0.3 is 10.4 Å². The number of rotatable bonds is 4. The van der Waals surface area contributed by atoms with E-state index in [1.165, 1.54) is 4.88 Å². The van der Waals surface area contributed by atoms with Gasteiger partial charge in [0.2, 0.25) is 0 Å². The van der Waals surface area contributed by atoms with Crippen LogP contribution in [0.15, 0.2) is 40.5 Å². The highest BCUT2D eigenvalue weighted by molar-refractivity contribution is 7.10. The zero-order valence-corrected chi connectivity index (χ0v) is 16.1. The highest BCUT2D eigenvalue weighted by Crippen LogP contribution is 2.30. The van der Waals surface area contributed by atoms with Crippen LogP contribution in [0.4, 0.5) is 0 Å². The van der Waals surface area contributed by atoms with Crippen LogP contribution >= 0.6 is 11.3 Å². The summed E-state index contributed by atoms with van der Waals surface area (Å²) in [5, 5.41) is 22.7. The number of hydrogen-bond donors (Lipinski definition) is 3. The summed E-state index contributed by atoms with van der Waals surface area (Å²) < 4.78 is 1.56. The van der Waals surface area contributed by atoms with E-state index in [0.29, 0.717) is 5.65 Å². The number of hydrogen-bond acceptors (Lipinski definition) is 6. The van der Waals surface area contributed by atoms with Gasteiger partial charge in [-0.1, -0.05) is 12.1 Å². The normalized spacial score (nSPS) is 15.6. The van der Waals surface area contributed by atoms with E-state index in [2.05, 4.69) is 37.9 Å². The van der Waals surface area contributed by atoms with Crippen LogP contribution in [0.2, 0.25) is 0 Å². The first-order valence-electron chi connectivity index (χ1n) is 9.37. The second-order valence-corrected chi connectivity index (χ2v) is 8.11. The Balaban J connectivity index is 1.55. The van der Waals surface area contributed by atoms with Gasteiger partial charge >= 0.3 is 5.69 Å². The summed E-state index contributed by atoms with van der Waals surface area (Å²) in [6.45, 7) is 5.13. The van der Waals surface area contributed by atoms with Gasteiger partial charge in [0, 0.05) is 43.0 Å². The molecule has 1 fully saturated rings. The number of aromatic nitrogens is 3. The molecule has 0 atom stereocenters. The minimum Gasteiger partial charge on any atom is -0.392 e. The summed E-state index contributed by atoms with van der Waals surface area (Å²) in [5.41, 5.74) is 3.97. The molecule has 1 aliphatic heterocycles. The topological polar surface area (TPSA) is 85.7 Å². The lowest BCUT2D eigenvalue weighted by atomic mass is 10.0. The third-order valence-electron chi connectivity index (χ3n) is 5.33. The standard InChI is InChI=1S/C20H21N5O2S/c26-11-14-9-19-22-23-20(27)25(19)18-8-13(1-2-17(14)18)15-7-16(28-12-15)10-24-5-3-21-4-6-24/h1-2,7-9,12,21,26H,3-6,10-11H2,(H,23,27). The van der Waals surface area contributed by atoms with Crippen molar-refractivity contribution in [3.05, 3.63) is 56.6 Å². The number of fused-ring (bicyclic) bond motifs is 3. The number of pyridine rings is 1. The first kappa shape index (κ1) is 17.6. The van der Waals surface area contributed by atoms with E-state index in [9.17, 15) is 9.90 Å². The van der Waals surface area contributed by atoms with Crippen LogP contribution in [0.25, 0.3) is 27.7 Å². The quantitative estimate of drug-likeness (QED) is 0.491. The molecule has 4 aromatic rings. The summed E-state index contributed by atoms with van der Waals surface area (Å²) in [6, 6.07) is 10.0. The lowest BCUT2D eigenvalue weighted by Gasteiger charge is -2.26. The van der Waals surface area contributed by atoms with Gasteiger partial charge in [0.15, 0.2) is 5.65 Å². The van der Waals surface area contributed by atoms with Gasteiger partial charge in [0.25, 0.3) is 0 Å². The first-order chi connectivity index (χ1) is 13.7. The second-order valence-electron chi connectivity index (χ2n) is 7.11. The minimum atomic E-state index is -0.272. The number of nitrogens with zero attached hydrogens (tertiary/aromatic N) is 3. The van der Waals surface area contributed by atoms with Crippen molar-refractivity contribution in [2.45, 2.75) is 13.2 Å². The molecule has 0 saturated carbocycles. The fourth-order valence-corrected chi connectivity index (χ4v) is 4.81. The molecule has 1 aromatic carbocycles. The molecule has 28 heavy (non-hydrogen) atoms. The Labute approximate surface area is 165 Å². The predicted octanol–water partition coefficient (Wildman–Crippen LogP) is 1.80. The van der Waals surface area contributed by atoms with Crippen molar-refractivity contribution < 1.29 is 5.11 Å². The molecule has 4 heterocycles. The van der Waals surface area contributed by atoms with Crippen LogP contribution in [0.5, 0.6) is 0 Å². The van der Waals surface area contributed by atoms with E-state index in [1.54, 1.807) is 21.8 Å². The Bertz CT molecular complexity index is 1200. The SMILES string of the molecule is O=c1[nH]nc2cc(CO)c3ccc(-c4csc(CN5CCNCC5)c4)cc3n12. The number of H-pyrrole nitrogens is 1. The molecule has 0 radical (unpaired) electrons. The van der Waals surface area contributed by atoms with Crippen molar-refractivity contribution in [1.29, 1.82) is 0 Å². The summed E-state index contributed by atoms with van der Waals surface area (Å²) in [6.07, 6.45) is 0. The van der Waals surface area contributed by atoms with Gasteiger partial charge in [0.1, 0.15) is 0 Å². The van der Waals surface area contributed by atoms with Crippen LogP contribution in [0, 0.1) is 0 Å². The summed E-state index contributed by atoms with van der Waals surface area (Å²) >= 11 is 1.77. The average molecular weight is 395 g/mol. The Morgan fingerprint density at radius 1 is 1.14 bits per heavy atom. The molecular weight excluding hydrogens is 374 g/mol. The summed E-state index contributed by atoms with van der Waals surface area (Å²) in [7, 11) is 0. The van der Waals surface area contributed by atoms with Crippen molar-refractivity contribution in [1.82, 2.24) is 24.8 Å². The van der Waals surface area contributed by atoms with Gasteiger partial charge in [0.05, 0.1) is 12.1 Å². The minimum absolute atomic E-state index is 0.0965. The number of thiophene rings is 1. The monoisotopic (exact) mass is 395 g/mol. The average Bonchev–Trinajstić information content (AvgIpc) is 3.34. The number of aromatic amines is 1. The van der Waals surface area contributed by atoms with Crippen LogP contribution < -0.4 is 11.0 Å². The van der Waals surface area contributed by atoms with E-state index in [1.807, 2.05) is 12.1 Å². The van der Waals surface area contributed by atoms with Crippen LogP contribution in [0.1, 0.15) is 10.4 Å². The maximum atomic E-state index is 12.2. The third-order valence-corrected chi connectivity index (χ3v) is 6.25. The number of nitrogens with one attached hydrogen (secondary N) is 2. The second kappa shape index (κ2) is 7.14. The van der Waals surface area contributed by atoms with E-state index < -0.39 is 0 Å². The maximum absolute atomic E-state index is 12.2. The van der Waals surface area contributed by atoms with E-state index in [-0.39, 0.29) is 12.3 Å². The largest absolute Gasteiger partial charge is 0.392 e. The zero-order valence-electron chi connectivity index (χ0n) is 15.3. The third kappa shape index (κ3) is 3.04. The molecule has 5 rings (SSSR count). The predicted molar refractivity (Wildman–Crippen MR) is 111 cm³/mol. The van der Waals surface area contributed by atoms with Crippen molar-refractivity contribution >= 4 is 27.9 Å². The van der Waals surface area contributed by atoms with Gasteiger partial charge in [-0.2, -0.15) is 5.10 Å². The first-order valence-corrected chi connectivity index (χ1v) is 10.3. The van der Waals surface area contributed by atoms with Crippen LogP contribution in [-0.4, -0.2) is 50.8 Å². The molecule has 1 aliphatic rings. The van der Waals surface area contributed by atoms with Crippen molar-refractivity contribution in [3.63, 3.8) is 0 Å². The summed E-state index contributed by atoms with van der Waals surface area (Å²) in [4.78, 5) is 16.0. The van der Waals surface area contributed by atoms with Gasteiger partial charge in [-0.25, -0.2) is 14.3 Å². The van der Waals surface area contributed by atoms with E-state index >= 15 is 0 Å². The maximum Gasteiger partial charge on any atom is 0.348 e. The molecule has 7 nitrogen and oxygen atoms in total. The molecule has 144 valence electrons. The number of benzene rings is 1. The molecule has 0 bridgehead atoms. The van der Waals surface area contributed by atoms with Crippen molar-refractivity contribution in [2.24, 2.45) is 0 Å². The van der Waals surface area contributed by atoms with Crippen molar-refractivity contribution in [3.8, 4) is 11.1 Å². The Hall–Kier alpha value is -2.52. The van der Waals surface area contributed by atoms with Crippen LogP contribution in [-0.2, 0) is 13.2 Å². The lowest BCUT2D eigenvalue weighted by Crippen LogP contribution is -2.42. The Morgan fingerprint density at radius 2 is 2.00 bits per heavy atom. The van der Waals surface area contributed by atoms with Gasteiger partial charge in [-0.05, 0) is 40.3 Å². The van der Waals surface area contributed by atoms with Gasteiger partial charge in [-0.3, -0.25) is 4.90 Å². The molecule has 0 amide bonds. The fraction of sp³-hybridized carbons (Fsp3) is 0.300. The highest BCUT2D eigenvalue weighted by atomic mass is 32.1. The van der Waals surface area contributed by atoms with Crippen molar-refractivity contribution in [2.75, 3.05) is 26.2 Å². The Morgan fingerprint density at radius 3 is 2.82 bits per heavy atom. The molecule has 3 aromatic heterocycles.